The second kappa shape index (κ2) is 8.53. The lowest BCUT2D eigenvalue weighted by Crippen LogP contribution is -2.33. The lowest BCUT2D eigenvalue weighted by molar-refractivity contribution is -0.124. The molecule has 0 aliphatic heterocycles. The minimum atomic E-state index is -0.598. The van der Waals surface area contributed by atoms with E-state index in [1.165, 1.54) is 19.3 Å². The Morgan fingerprint density at radius 2 is 2.00 bits per heavy atom. The summed E-state index contributed by atoms with van der Waals surface area (Å²) in [6.07, 6.45) is 6.07. The van der Waals surface area contributed by atoms with E-state index in [0.717, 1.165) is 17.3 Å². The Hall–Kier alpha value is -1.07. The molecule has 0 unspecified atom stereocenters. The third kappa shape index (κ3) is 5.29. The van der Waals surface area contributed by atoms with Crippen LogP contribution >= 0.6 is 27.5 Å². The third-order valence-electron chi connectivity index (χ3n) is 3.80. The summed E-state index contributed by atoms with van der Waals surface area (Å²) in [5, 5.41) is 3.13. The van der Waals surface area contributed by atoms with Gasteiger partial charge in [-0.3, -0.25) is 4.79 Å². The van der Waals surface area contributed by atoms with Crippen LogP contribution in [0.3, 0.4) is 0 Å². The maximum Gasteiger partial charge on any atom is 0.340 e. The van der Waals surface area contributed by atoms with Crippen LogP contribution in [-0.2, 0) is 9.53 Å². The molecule has 0 atom stereocenters. The van der Waals surface area contributed by atoms with E-state index < -0.39 is 5.97 Å². The molecule has 22 heavy (non-hydrogen) atoms. The van der Waals surface area contributed by atoms with E-state index in [-0.39, 0.29) is 18.1 Å². The summed E-state index contributed by atoms with van der Waals surface area (Å²) in [6.45, 7) is 0.377. The molecule has 1 amide bonds. The Balaban J connectivity index is 1.75. The predicted octanol–water partition coefficient (Wildman–Crippen LogP) is 3.96. The number of amides is 1. The first kappa shape index (κ1) is 17.3. The summed E-state index contributed by atoms with van der Waals surface area (Å²) in [5.74, 6) is -0.322. The van der Waals surface area contributed by atoms with Crippen LogP contribution in [0.5, 0.6) is 0 Å². The van der Waals surface area contributed by atoms with Gasteiger partial charge in [0.15, 0.2) is 6.61 Å². The normalized spacial score (nSPS) is 15.4. The molecule has 0 saturated heterocycles. The molecule has 1 aliphatic carbocycles. The number of hydrogen-bond acceptors (Lipinski definition) is 3. The minimum Gasteiger partial charge on any atom is -0.452 e. The summed E-state index contributed by atoms with van der Waals surface area (Å²) in [6, 6.07) is 4.91. The smallest absolute Gasteiger partial charge is 0.340 e. The van der Waals surface area contributed by atoms with Crippen molar-refractivity contribution in [2.75, 3.05) is 13.2 Å². The highest BCUT2D eigenvalue weighted by molar-refractivity contribution is 9.10. The zero-order valence-corrected chi connectivity index (χ0v) is 14.6. The Morgan fingerprint density at radius 3 is 2.73 bits per heavy atom. The fraction of sp³-hybridized carbons (Fsp3) is 0.500. The van der Waals surface area contributed by atoms with Crippen LogP contribution in [0, 0.1) is 5.92 Å². The third-order valence-corrected chi connectivity index (χ3v) is 4.62. The van der Waals surface area contributed by atoms with Crippen molar-refractivity contribution in [1.29, 1.82) is 0 Å². The minimum absolute atomic E-state index is 0.246. The maximum absolute atomic E-state index is 11.9. The number of esters is 1. The molecule has 4 nitrogen and oxygen atoms in total. The van der Waals surface area contributed by atoms with Gasteiger partial charge < -0.3 is 10.1 Å². The first-order chi connectivity index (χ1) is 10.6. The van der Waals surface area contributed by atoms with Gasteiger partial charge in [0.05, 0.1) is 10.6 Å². The van der Waals surface area contributed by atoms with Crippen LogP contribution in [0.2, 0.25) is 5.02 Å². The SMILES string of the molecule is O=C(COC(=O)c1cc(Br)ccc1Cl)NCC1CCCCC1. The largest absolute Gasteiger partial charge is 0.452 e. The molecule has 1 aliphatic rings. The summed E-state index contributed by atoms with van der Waals surface area (Å²) in [4.78, 5) is 23.7. The van der Waals surface area contributed by atoms with Gasteiger partial charge in [0.1, 0.15) is 0 Å². The lowest BCUT2D eigenvalue weighted by Gasteiger charge is -2.21. The fourth-order valence-electron chi connectivity index (χ4n) is 2.56. The van der Waals surface area contributed by atoms with Crippen molar-refractivity contribution < 1.29 is 14.3 Å². The molecule has 1 aromatic rings. The highest BCUT2D eigenvalue weighted by Crippen LogP contribution is 2.23. The monoisotopic (exact) mass is 387 g/mol. The van der Waals surface area contributed by atoms with Gasteiger partial charge in [0.25, 0.3) is 5.91 Å². The van der Waals surface area contributed by atoms with Gasteiger partial charge >= 0.3 is 5.97 Å². The molecule has 2 rings (SSSR count). The zero-order valence-electron chi connectivity index (χ0n) is 12.2. The van der Waals surface area contributed by atoms with Gasteiger partial charge in [-0.05, 0) is 37.0 Å². The Morgan fingerprint density at radius 1 is 1.27 bits per heavy atom. The first-order valence-electron chi connectivity index (χ1n) is 7.45. The molecule has 120 valence electrons. The molecule has 0 aromatic heterocycles. The van der Waals surface area contributed by atoms with E-state index in [9.17, 15) is 9.59 Å². The summed E-state index contributed by atoms with van der Waals surface area (Å²) < 4.78 is 5.74. The fourth-order valence-corrected chi connectivity index (χ4v) is 3.12. The lowest BCUT2D eigenvalue weighted by atomic mass is 9.89. The molecule has 1 aromatic carbocycles. The van der Waals surface area contributed by atoms with Crippen molar-refractivity contribution in [3.05, 3.63) is 33.3 Å². The van der Waals surface area contributed by atoms with Crippen molar-refractivity contribution >= 4 is 39.4 Å². The number of hydrogen-bond donors (Lipinski definition) is 1. The molecule has 0 radical (unpaired) electrons. The van der Waals surface area contributed by atoms with Gasteiger partial charge in [-0.25, -0.2) is 4.79 Å². The van der Waals surface area contributed by atoms with Gasteiger partial charge in [-0.1, -0.05) is 46.8 Å². The van der Waals surface area contributed by atoms with Crippen molar-refractivity contribution in [2.24, 2.45) is 5.92 Å². The van der Waals surface area contributed by atoms with E-state index in [2.05, 4.69) is 21.2 Å². The van der Waals surface area contributed by atoms with Crippen molar-refractivity contribution in [3.8, 4) is 0 Å². The van der Waals surface area contributed by atoms with Crippen molar-refractivity contribution in [2.45, 2.75) is 32.1 Å². The molecular weight excluding hydrogens is 370 g/mol. The van der Waals surface area contributed by atoms with Crippen LogP contribution < -0.4 is 5.32 Å². The van der Waals surface area contributed by atoms with Gasteiger partial charge in [-0.2, -0.15) is 0 Å². The number of carbonyl (C=O) groups excluding carboxylic acids is 2. The molecule has 1 N–H and O–H groups in total. The number of carbonyl (C=O) groups is 2. The first-order valence-corrected chi connectivity index (χ1v) is 8.62. The second-order valence-electron chi connectivity index (χ2n) is 5.51. The molecule has 1 saturated carbocycles. The van der Waals surface area contributed by atoms with Gasteiger partial charge in [0, 0.05) is 11.0 Å². The second-order valence-corrected chi connectivity index (χ2v) is 6.83. The van der Waals surface area contributed by atoms with Gasteiger partial charge in [0.2, 0.25) is 0 Å². The van der Waals surface area contributed by atoms with Crippen LogP contribution in [0.4, 0.5) is 0 Å². The van der Waals surface area contributed by atoms with Crippen LogP contribution in [0.1, 0.15) is 42.5 Å². The molecule has 0 bridgehead atoms. The van der Waals surface area contributed by atoms with Gasteiger partial charge in [-0.15, -0.1) is 0 Å². The van der Waals surface area contributed by atoms with Crippen LogP contribution in [0.25, 0.3) is 0 Å². The topological polar surface area (TPSA) is 55.4 Å². The molecule has 6 heteroatoms. The number of rotatable bonds is 5. The molecule has 1 fully saturated rings. The van der Waals surface area contributed by atoms with E-state index in [4.69, 9.17) is 16.3 Å². The van der Waals surface area contributed by atoms with E-state index in [0.29, 0.717) is 17.5 Å². The van der Waals surface area contributed by atoms with E-state index in [1.807, 2.05) is 0 Å². The highest BCUT2D eigenvalue weighted by atomic mass is 79.9. The van der Waals surface area contributed by atoms with Crippen molar-refractivity contribution in [3.63, 3.8) is 0 Å². The number of nitrogens with one attached hydrogen (secondary N) is 1. The summed E-state index contributed by atoms with van der Waals surface area (Å²) in [5.41, 5.74) is 0.246. The van der Waals surface area contributed by atoms with Crippen molar-refractivity contribution in [1.82, 2.24) is 5.32 Å². The Labute approximate surface area is 143 Å². The standard InChI is InChI=1S/C16H19BrClNO3/c17-12-6-7-14(18)13(8-12)16(21)22-10-15(20)19-9-11-4-2-1-3-5-11/h6-8,11H,1-5,9-10H2,(H,19,20). The van der Waals surface area contributed by atoms with E-state index in [1.54, 1.807) is 18.2 Å². The number of ether oxygens (including phenoxy) is 1. The number of halogens is 2. The Kier molecular flexibility index (Phi) is 6.70. The van der Waals surface area contributed by atoms with Crippen LogP contribution in [-0.4, -0.2) is 25.0 Å². The quantitative estimate of drug-likeness (QED) is 0.777. The summed E-state index contributed by atoms with van der Waals surface area (Å²) >= 11 is 9.21. The average molecular weight is 389 g/mol. The van der Waals surface area contributed by atoms with E-state index >= 15 is 0 Å². The molecule has 0 spiro atoms. The highest BCUT2D eigenvalue weighted by Gasteiger charge is 2.16. The predicted molar refractivity (Wildman–Crippen MR) is 89.0 cm³/mol. The molecular formula is C16H19BrClNO3. The Bertz CT molecular complexity index is 544. The van der Waals surface area contributed by atoms with Crippen LogP contribution in [0.15, 0.2) is 22.7 Å². The summed E-state index contributed by atoms with van der Waals surface area (Å²) in [7, 11) is 0. The molecule has 0 heterocycles. The zero-order chi connectivity index (χ0) is 15.9. The number of benzene rings is 1. The average Bonchev–Trinajstić information content (AvgIpc) is 2.54. The maximum atomic E-state index is 11.9.